The second kappa shape index (κ2) is 8.58. The summed E-state index contributed by atoms with van der Waals surface area (Å²) in [7, 11) is 3.40. The van der Waals surface area contributed by atoms with Crippen molar-refractivity contribution in [3.8, 4) is 11.5 Å². The number of methoxy groups -OCH3 is 1. The lowest BCUT2D eigenvalue weighted by atomic mass is 10.2. The summed E-state index contributed by atoms with van der Waals surface area (Å²) in [6, 6.07) is 15.4. The molecule has 0 radical (unpaired) electrons. The summed E-state index contributed by atoms with van der Waals surface area (Å²) in [6.45, 7) is 0.907. The molecule has 2 aromatic carbocycles. The molecule has 0 aliphatic carbocycles. The lowest BCUT2D eigenvalue weighted by Gasteiger charge is -2.18. The van der Waals surface area contributed by atoms with Gasteiger partial charge in [-0.2, -0.15) is 0 Å². The highest BCUT2D eigenvalue weighted by atomic mass is 79.9. The van der Waals surface area contributed by atoms with E-state index in [2.05, 4.69) is 15.9 Å². The van der Waals surface area contributed by atoms with Crippen LogP contribution in [0.5, 0.6) is 11.5 Å². The van der Waals surface area contributed by atoms with E-state index in [0.717, 1.165) is 10.0 Å². The van der Waals surface area contributed by atoms with Gasteiger partial charge in [0, 0.05) is 18.1 Å². The highest BCUT2D eigenvalue weighted by molar-refractivity contribution is 9.10. The Hall–Kier alpha value is -2.01. The van der Waals surface area contributed by atoms with E-state index in [1.54, 1.807) is 19.1 Å². The molecule has 0 aromatic heterocycles. The van der Waals surface area contributed by atoms with Crippen molar-refractivity contribution in [1.29, 1.82) is 0 Å². The fourth-order valence-electron chi connectivity index (χ4n) is 2.13. The van der Waals surface area contributed by atoms with E-state index < -0.39 is 0 Å². The Bertz CT molecular complexity index is 643. The monoisotopic (exact) mass is 377 g/mol. The zero-order chi connectivity index (χ0) is 16.7. The molecular weight excluding hydrogens is 358 g/mol. The van der Waals surface area contributed by atoms with E-state index in [9.17, 15) is 4.79 Å². The number of hydrogen-bond acceptors (Lipinski definition) is 3. The predicted molar refractivity (Wildman–Crippen MR) is 93.7 cm³/mol. The Morgan fingerprint density at radius 2 is 1.74 bits per heavy atom. The van der Waals surface area contributed by atoms with Crippen LogP contribution in [0.1, 0.15) is 12.0 Å². The van der Waals surface area contributed by atoms with E-state index in [4.69, 9.17) is 9.47 Å². The van der Waals surface area contributed by atoms with Gasteiger partial charge >= 0.3 is 0 Å². The van der Waals surface area contributed by atoms with Crippen LogP contribution in [0.3, 0.4) is 0 Å². The summed E-state index contributed by atoms with van der Waals surface area (Å²) >= 11 is 3.40. The molecular formula is C18H20BrNO3. The maximum Gasteiger partial charge on any atom is 0.226 e. The molecule has 2 rings (SSSR count). The first-order chi connectivity index (χ1) is 11.1. The molecule has 0 unspecified atom stereocenters. The molecule has 0 atom stereocenters. The average Bonchev–Trinajstić information content (AvgIpc) is 2.57. The summed E-state index contributed by atoms with van der Waals surface area (Å²) in [5.74, 6) is 1.37. The number of rotatable bonds is 7. The summed E-state index contributed by atoms with van der Waals surface area (Å²) in [4.78, 5) is 13.9. The Morgan fingerprint density at radius 3 is 2.39 bits per heavy atom. The van der Waals surface area contributed by atoms with Crippen LogP contribution < -0.4 is 9.47 Å². The molecule has 5 heteroatoms. The van der Waals surface area contributed by atoms with E-state index in [-0.39, 0.29) is 5.91 Å². The standard InChI is InChI=1S/C18H20BrNO3/c1-20(13-14-7-9-15(19)10-8-14)18(21)11-12-23-17-6-4-3-5-16(17)22-2/h3-10H,11-13H2,1-2H3. The van der Waals surface area contributed by atoms with Crippen LogP contribution >= 0.6 is 15.9 Å². The SMILES string of the molecule is COc1ccccc1OCCC(=O)N(C)Cc1ccc(Br)cc1. The third-order valence-corrected chi connectivity index (χ3v) is 3.93. The van der Waals surface area contributed by atoms with Crippen molar-refractivity contribution in [3.63, 3.8) is 0 Å². The first-order valence-corrected chi connectivity index (χ1v) is 8.13. The van der Waals surface area contributed by atoms with Crippen LogP contribution in [0.25, 0.3) is 0 Å². The Labute approximate surface area is 145 Å². The van der Waals surface area contributed by atoms with Gasteiger partial charge in [0.05, 0.1) is 20.1 Å². The first-order valence-electron chi connectivity index (χ1n) is 7.34. The van der Waals surface area contributed by atoms with Gasteiger partial charge < -0.3 is 14.4 Å². The van der Waals surface area contributed by atoms with E-state index in [1.807, 2.05) is 48.5 Å². The van der Waals surface area contributed by atoms with Crippen molar-refractivity contribution in [3.05, 3.63) is 58.6 Å². The minimum Gasteiger partial charge on any atom is -0.493 e. The highest BCUT2D eigenvalue weighted by Crippen LogP contribution is 2.25. The number of ether oxygens (including phenoxy) is 2. The van der Waals surface area contributed by atoms with Gasteiger partial charge in [0.25, 0.3) is 0 Å². The van der Waals surface area contributed by atoms with Gasteiger partial charge in [0.15, 0.2) is 11.5 Å². The van der Waals surface area contributed by atoms with Gasteiger partial charge in [-0.25, -0.2) is 0 Å². The number of benzene rings is 2. The van der Waals surface area contributed by atoms with E-state index in [1.165, 1.54) is 0 Å². The number of amides is 1. The van der Waals surface area contributed by atoms with Crippen molar-refractivity contribution in [2.75, 3.05) is 20.8 Å². The third kappa shape index (κ3) is 5.28. The normalized spacial score (nSPS) is 10.2. The molecule has 1 amide bonds. The zero-order valence-electron chi connectivity index (χ0n) is 13.3. The second-order valence-corrected chi connectivity index (χ2v) is 6.04. The second-order valence-electron chi connectivity index (χ2n) is 5.13. The first kappa shape index (κ1) is 17.3. The molecule has 0 spiro atoms. The molecule has 122 valence electrons. The molecule has 4 nitrogen and oxygen atoms in total. The molecule has 0 saturated carbocycles. The molecule has 0 saturated heterocycles. The number of halogens is 1. The summed E-state index contributed by atoms with van der Waals surface area (Å²) in [5.41, 5.74) is 1.09. The Balaban J connectivity index is 1.81. The number of carbonyl (C=O) groups is 1. The van der Waals surface area contributed by atoms with Gasteiger partial charge in [0.1, 0.15) is 0 Å². The Kier molecular flexibility index (Phi) is 6.47. The molecule has 0 fully saturated rings. The Morgan fingerprint density at radius 1 is 1.09 bits per heavy atom. The molecule has 0 N–H and O–H groups in total. The van der Waals surface area contributed by atoms with Gasteiger partial charge in [-0.05, 0) is 29.8 Å². The van der Waals surface area contributed by atoms with Crippen LogP contribution in [-0.4, -0.2) is 31.6 Å². The topological polar surface area (TPSA) is 38.8 Å². The lowest BCUT2D eigenvalue weighted by Crippen LogP contribution is -2.27. The van der Waals surface area contributed by atoms with Gasteiger partial charge in [0.2, 0.25) is 5.91 Å². The third-order valence-electron chi connectivity index (χ3n) is 3.40. The van der Waals surface area contributed by atoms with Crippen LogP contribution in [0, 0.1) is 0 Å². The van der Waals surface area contributed by atoms with Crippen molar-refractivity contribution >= 4 is 21.8 Å². The fourth-order valence-corrected chi connectivity index (χ4v) is 2.39. The van der Waals surface area contributed by atoms with Gasteiger partial charge in [-0.1, -0.05) is 40.2 Å². The fraction of sp³-hybridized carbons (Fsp3) is 0.278. The highest BCUT2D eigenvalue weighted by Gasteiger charge is 2.10. The summed E-state index contributed by atoms with van der Waals surface area (Å²) < 4.78 is 11.9. The van der Waals surface area contributed by atoms with Gasteiger partial charge in [-0.15, -0.1) is 0 Å². The molecule has 2 aromatic rings. The molecule has 0 aliphatic rings. The quantitative estimate of drug-likeness (QED) is 0.734. The molecule has 0 heterocycles. The largest absolute Gasteiger partial charge is 0.493 e. The van der Waals surface area contributed by atoms with Crippen LogP contribution in [0.15, 0.2) is 53.0 Å². The summed E-state index contributed by atoms with van der Waals surface area (Å²) in [6.07, 6.45) is 0.324. The number of para-hydroxylation sites is 2. The molecule has 0 bridgehead atoms. The minimum absolute atomic E-state index is 0.0443. The van der Waals surface area contributed by atoms with Crippen LogP contribution in [0.4, 0.5) is 0 Å². The van der Waals surface area contributed by atoms with Crippen molar-refractivity contribution in [2.45, 2.75) is 13.0 Å². The minimum atomic E-state index is 0.0443. The molecule has 0 aliphatic heterocycles. The van der Waals surface area contributed by atoms with Crippen LogP contribution in [-0.2, 0) is 11.3 Å². The van der Waals surface area contributed by atoms with E-state index >= 15 is 0 Å². The van der Waals surface area contributed by atoms with Crippen molar-refractivity contribution < 1.29 is 14.3 Å². The lowest BCUT2D eigenvalue weighted by molar-refractivity contribution is -0.130. The van der Waals surface area contributed by atoms with Crippen LogP contribution in [0.2, 0.25) is 0 Å². The van der Waals surface area contributed by atoms with E-state index in [0.29, 0.717) is 31.1 Å². The summed E-state index contributed by atoms with van der Waals surface area (Å²) in [5, 5.41) is 0. The number of carbonyl (C=O) groups excluding carboxylic acids is 1. The number of nitrogens with zero attached hydrogens (tertiary/aromatic N) is 1. The zero-order valence-corrected chi connectivity index (χ0v) is 14.9. The maximum absolute atomic E-state index is 12.2. The average molecular weight is 378 g/mol. The maximum atomic E-state index is 12.2. The van der Waals surface area contributed by atoms with Gasteiger partial charge in [-0.3, -0.25) is 4.79 Å². The van der Waals surface area contributed by atoms with Crippen molar-refractivity contribution in [2.24, 2.45) is 0 Å². The van der Waals surface area contributed by atoms with Crippen molar-refractivity contribution in [1.82, 2.24) is 4.90 Å². The predicted octanol–water partition coefficient (Wildman–Crippen LogP) is 3.89. The molecule has 23 heavy (non-hydrogen) atoms. The number of hydrogen-bond donors (Lipinski definition) is 0. The smallest absolute Gasteiger partial charge is 0.226 e.